The number of carboxylic acid groups (broad SMARTS) is 2. The first-order valence-corrected chi connectivity index (χ1v) is 7.03. The minimum absolute atomic E-state index is 0.140. The Morgan fingerprint density at radius 3 is 1.44 bits per heavy atom. The SMILES string of the molecule is O=C(O)C1CC2CC1C1C3CC(C(=O)O)C(C3)C21. The van der Waals surface area contributed by atoms with Gasteiger partial charge in [-0.2, -0.15) is 0 Å². The highest BCUT2D eigenvalue weighted by atomic mass is 16.4. The molecule has 0 aromatic heterocycles. The van der Waals surface area contributed by atoms with Crippen LogP contribution in [0.3, 0.4) is 0 Å². The predicted molar refractivity (Wildman–Crippen MR) is 61.7 cm³/mol. The molecule has 0 heterocycles. The highest BCUT2D eigenvalue weighted by Crippen LogP contribution is 2.70. The Balaban J connectivity index is 1.63. The molecule has 0 saturated heterocycles. The van der Waals surface area contributed by atoms with Crippen LogP contribution in [-0.4, -0.2) is 22.2 Å². The fraction of sp³-hybridized carbons (Fsp3) is 0.857. The molecule has 4 rings (SSSR count). The Labute approximate surface area is 105 Å². The van der Waals surface area contributed by atoms with E-state index in [9.17, 15) is 19.8 Å². The highest BCUT2D eigenvalue weighted by Gasteiger charge is 2.66. The minimum Gasteiger partial charge on any atom is -0.481 e. The molecular weight excluding hydrogens is 232 g/mol. The third kappa shape index (κ3) is 1.12. The first-order valence-electron chi connectivity index (χ1n) is 7.03. The second-order valence-corrected chi connectivity index (χ2v) is 6.83. The van der Waals surface area contributed by atoms with Gasteiger partial charge in [0.1, 0.15) is 0 Å². The van der Waals surface area contributed by atoms with Crippen LogP contribution in [0.25, 0.3) is 0 Å². The Hall–Kier alpha value is -1.06. The van der Waals surface area contributed by atoms with Crippen molar-refractivity contribution in [3.05, 3.63) is 0 Å². The van der Waals surface area contributed by atoms with Crippen LogP contribution in [-0.2, 0) is 9.59 Å². The van der Waals surface area contributed by atoms with Crippen LogP contribution in [0.4, 0.5) is 0 Å². The van der Waals surface area contributed by atoms with E-state index < -0.39 is 11.9 Å². The topological polar surface area (TPSA) is 74.6 Å². The molecule has 2 N–H and O–H groups in total. The zero-order valence-electron chi connectivity index (χ0n) is 10.2. The molecule has 0 aromatic rings. The van der Waals surface area contributed by atoms with E-state index in [4.69, 9.17) is 0 Å². The number of carboxylic acids is 2. The van der Waals surface area contributed by atoms with Gasteiger partial charge < -0.3 is 10.2 Å². The molecule has 4 nitrogen and oxygen atoms in total. The van der Waals surface area contributed by atoms with E-state index in [1.54, 1.807) is 0 Å². The van der Waals surface area contributed by atoms with E-state index in [1.165, 1.54) is 0 Å². The highest BCUT2D eigenvalue weighted by molar-refractivity contribution is 5.72. The lowest BCUT2D eigenvalue weighted by molar-refractivity contribution is -0.149. The summed E-state index contributed by atoms with van der Waals surface area (Å²) in [5.74, 6) is 1.23. The molecular formula is C14H18O4. The summed E-state index contributed by atoms with van der Waals surface area (Å²) in [5, 5.41) is 18.5. The van der Waals surface area contributed by atoms with Crippen LogP contribution in [0.15, 0.2) is 0 Å². The number of hydrogen-bond donors (Lipinski definition) is 2. The summed E-state index contributed by atoms with van der Waals surface area (Å²) in [6.07, 6.45) is 3.70. The third-order valence-electron chi connectivity index (χ3n) is 6.45. The van der Waals surface area contributed by atoms with Crippen LogP contribution in [0.1, 0.15) is 25.7 Å². The average Bonchev–Trinajstić information content (AvgIpc) is 3.05. The number of aliphatic carboxylic acids is 2. The Morgan fingerprint density at radius 2 is 1.11 bits per heavy atom. The quantitative estimate of drug-likeness (QED) is 0.731. The zero-order valence-corrected chi connectivity index (χ0v) is 10.2. The van der Waals surface area contributed by atoms with Gasteiger partial charge in [0.2, 0.25) is 0 Å². The van der Waals surface area contributed by atoms with Gasteiger partial charge in [-0.1, -0.05) is 0 Å². The maximum atomic E-state index is 11.3. The number of hydrogen-bond acceptors (Lipinski definition) is 2. The molecule has 98 valence electrons. The molecule has 4 heteroatoms. The van der Waals surface area contributed by atoms with Crippen molar-refractivity contribution in [1.82, 2.24) is 0 Å². The van der Waals surface area contributed by atoms with Crippen molar-refractivity contribution in [1.29, 1.82) is 0 Å². The lowest BCUT2D eigenvalue weighted by Crippen LogP contribution is -2.39. The second-order valence-electron chi connectivity index (χ2n) is 6.83. The monoisotopic (exact) mass is 250 g/mol. The van der Waals surface area contributed by atoms with Gasteiger partial charge in [-0.3, -0.25) is 9.59 Å². The fourth-order valence-corrected chi connectivity index (χ4v) is 6.17. The second kappa shape index (κ2) is 3.28. The summed E-state index contributed by atoms with van der Waals surface area (Å²) in [7, 11) is 0. The Kier molecular flexibility index (Phi) is 1.97. The van der Waals surface area contributed by atoms with Crippen molar-refractivity contribution in [2.24, 2.45) is 47.3 Å². The molecule has 0 amide bonds. The van der Waals surface area contributed by atoms with Crippen molar-refractivity contribution in [2.45, 2.75) is 25.7 Å². The fourth-order valence-electron chi connectivity index (χ4n) is 6.17. The van der Waals surface area contributed by atoms with Gasteiger partial charge in [0, 0.05) is 0 Å². The summed E-state index contributed by atoms with van der Waals surface area (Å²) in [4.78, 5) is 22.5. The maximum Gasteiger partial charge on any atom is 0.306 e. The molecule has 4 saturated carbocycles. The molecule has 8 atom stereocenters. The van der Waals surface area contributed by atoms with E-state index in [1.807, 2.05) is 0 Å². The van der Waals surface area contributed by atoms with E-state index in [-0.39, 0.29) is 11.8 Å². The predicted octanol–water partition coefficient (Wildman–Crippen LogP) is 1.70. The standard InChI is InChI=1S/C14H18O4/c15-13(16)9-3-5-1-7(9)12-6-2-8(11(5)12)10(4-6)14(17)18/h5-12H,1-4H2,(H,15,16)(H,17,18). The molecule has 4 aliphatic carbocycles. The Bertz CT molecular complexity index is 392. The van der Waals surface area contributed by atoms with Gasteiger partial charge in [-0.05, 0) is 61.2 Å². The van der Waals surface area contributed by atoms with Gasteiger partial charge >= 0.3 is 11.9 Å². The molecule has 0 radical (unpaired) electrons. The first-order chi connectivity index (χ1) is 8.58. The van der Waals surface area contributed by atoms with Crippen molar-refractivity contribution >= 4 is 11.9 Å². The molecule has 4 aliphatic rings. The number of fused-ring (bicyclic) bond motifs is 9. The molecule has 8 unspecified atom stereocenters. The molecule has 4 fully saturated rings. The van der Waals surface area contributed by atoms with Gasteiger partial charge in [0.15, 0.2) is 0 Å². The first kappa shape index (κ1) is 10.8. The van der Waals surface area contributed by atoms with E-state index in [0.717, 1.165) is 25.7 Å². The molecule has 0 spiro atoms. The average molecular weight is 250 g/mol. The summed E-state index contributed by atoms with van der Waals surface area (Å²) in [6.45, 7) is 0. The lowest BCUT2D eigenvalue weighted by Gasteiger charge is -2.39. The lowest BCUT2D eigenvalue weighted by atomic mass is 9.65. The van der Waals surface area contributed by atoms with Crippen molar-refractivity contribution in [3.8, 4) is 0 Å². The zero-order chi connectivity index (χ0) is 12.6. The van der Waals surface area contributed by atoms with Crippen molar-refractivity contribution in [2.75, 3.05) is 0 Å². The summed E-state index contributed by atoms with van der Waals surface area (Å²) in [6, 6.07) is 0. The van der Waals surface area contributed by atoms with E-state index >= 15 is 0 Å². The normalized spacial score (nSPS) is 55.8. The van der Waals surface area contributed by atoms with Crippen LogP contribution in [0.5, 0.6) is 0 Å². The van der Waals surface area contributed by atoms with Gasteiger partial charge in [0.05, 0.1) is 11.8 Å². The molecule has 4 bridgehead atoms. The van der Waals surface area contributed by atoms with Gasteiger partial charge in [-0.25, -0.2) is 0 Å². The molecule has 0 aliphatic heterocycles. The summed E-state index contributed by atoms with van der Waals surface area (Å²) < 4.78 is 0. The van der Waals surface area contributed by atoms with E-state index in [0.29, 0.717) is 35.5 Å². The molecule has 0 aromatic carbocycles. The summed E-state index contributed by atoms with van der Waals surface area (Å²) in [5.41, 5.74) is 0. The smallest absolute Gasteiger partial charge is 0.306 e. The van der Waals surface area contributed by atoms with E-state index in [2.05, 4.69) is 0 Å². The molecule has 18 heavy (non-hydrogen) atoms. The van der Waals surface area contributed by atoms with Crippen molar-refractivity contribution < 1.29 is 19.8 Å². The summed E-state index contributed by atoms with van der Waals surface area (Å²) >= 11 is 0. The largest absolute Gasteiger partial charge is 0.481 e. The number of rotatable bonds is 2. The van der Waals surface area contributed by atoms with Gasteiger partial charge in [-0.15, -0.1) is 0 Å². The van der Waals surface area contributed by atoms with Gasteiger partial charge in [0.25, 0.3) is 0 Å². The third-order valence-corrected chi connectivity index (χ3v) is 6.45. The Morgan fingerprint density at radius 1 is 0.722 bits per heavy atom. The van der Waals surface area contributed by atoms with Crippen LogP contribution in [0, 0.1) is 47.3 Å². The maximum absolute atomic E-state index is 11.3. The van der Waals surface area contributed by atoms with Crippen LogP contribution < -0.4 is 0 Å². The van der Waals surface area contributed by atoms with Crippen LogP contribution in [0.2, 0.25) is 0 Å². The number of carbonyl (C=O) groups is 2. The minimum atomic E-state index is -0.626. The van der Waals surface area contributed by atoms with Crippen LogP contribution >= 0.6 is 0 Å². The van der Waals surface area contributed by atoms with Crippen molar-refractivity contribution in [3.63, 3.8) is 0 Å².